The van der Waals surface area contributed by atoms with Crippen molar-refractivity contribution in [2.24, 2.45) is 11.1 Å². The van der Waals surface area contributed by atoms with Gasteiger partial charge in [0.1, 0.15) is 0 Å². The smallest absolute Gasteiger partial charge is 0.231 e. The Bertz CT molecular complexity index is 442. The van der Waals surface area contributed by atoms with Crippen molar-refractivity contribution in [3.8, 4) is 0 Å². The third-order valence-corrected chi connectivity index (χ3v) is 4.24. The van der Waals surface area contributed by atoms with Crippen molar-refractivity contribution in [3.05, 3.63) is 23.5 Å². The summed E-state index contributed by atoms with van der Waals surface area (Å²) in [7, 11) is 0. The molecular weight excluding hydrogens is 262 g/mol. The molecule has 2 rings (SSSR count). The van der Waals surface area contributed by atoms with Crippen molar-refractivity contribution in [2.75, 3.05) is 11.9 Å². The van der Waals surface area contributed by atoms with Gasteiger partial charge in [0.2, 0.25) is 5.91 Å². The van der Waals surface area contributed by atoms with E-state index in [1.165, 1.54) is 12.8 Å². The lowest BCUT2D eigenvalue weighted by Crippen LogP contribution is -2.42. The van der Waals surface area contributed by atoms with Crippen molar-refractivity contribution < 1.29 is 4.79 Å². The third-order valence-electron chi connectivity index (χ3n) is 3.94. The number of pyridine rings is 1. The van der Waals surface area contributed by atoms with Crippen LogP contribution >= 0.6 is 11.6 Å². The molecule has 1 saturated carbocycles. The fourth-order valence-electron chi connectivity index (χ4n) is 2.66. The topological polar surface area (TPSA) is 68.0 Å². The largest absolute Gasteiger partial charge is 0.329 e. The van der Waals surface area contributed by atoms with Crippen LogP contribution in [0.1, 0.15) is 38.5 Å². The first kappa shape index (κ1) is 14.3. The highest BCUT2D eigenvalue weighted by atomic mass is 35.5. The number of rotatable bonds is 3. The number of carbonyl (C=O) groups is 1. The van der Waals surface area contributed by atoms with Crippen LogP contribution in [0.4, 0.5) is 5.69 Å². The Hall–Kier alpha value is -1.13. The number of amides is 1. The maximum atomic E-state index is 12.5. The summed E-state index contributed by atoms with van der Waals surface area (Å²) in [6, 6.07) is 3.51. The van der Waals surface area contributed by atoms with Gasteiger partial charge >= 0.3 is 0 Å². The fourth-order valence-corrected chi connectivity index (χ4v) is 2.83. The van der Waals surface area contributed by atoms with Crippen LogP contribution in [0.5, 0.6) is 0 Å². The summed E-state index contributed by atoms with van der Waals surface area (Å²) in [5.74, 6) is -0.0215. The van der Waals surface area contributed by atoms with Gasteiger partial charge in [-0.3, -0.25) is 4.79 Å². The molecule has 1 fully saturated rings. The Morgan fingerprint density at radius 1 is 1.37 bits per heavy atom. The molecule has 1 aliphatic rings. The zero-order chi connectivity index (χ0) is 13.7. The first-order valence-electron chi connectivity index (χ1n) is 6.80. The molecule has 1 heterocycles. The van der Waals surface area contributed by atoms with Gasteiger partial charge in [-0.05, 0) is 25.0 Å². The number of halogens is 1. The average molecular weight is 282 g/mol. The molecule has 1 aliphatic carbocycles. The summed E-state index contributed by atoms with van der Waals surface area (Å²) in [6.45, 7) is 0.386. The van der Waals surface area contributed by atoms with Crippen LogP contribution in [0.3, 0.4) is 0 Å². The molecule has 104 valence electrons. The fraction of sp³-hybridized carbons (Fsp3) is 0.571. The summed E-state index contributed by atoms with van der Waals surface area (Å²) < 4.78 is 0. The van der Waals surface area contributed by atoms with Gasteiger partial charge in [-0.25, -0.2) is 4.98 Å². The van der Waals surface area contributed by atoms with Crippen molar-refractivity contribution >= 4 is 23.2 Å². The van der Waals surface area contributed by atoms with Gasteiger partial charge < -0.3 is 11.1 Å². The normalized spacial score (nSPS) is 18.6. The van der Waals surface area contributed by atoms with Crippen LogP contribution in [0, 0.1) is 5.41 Å². The Labute approximate surface area is 118 Å². The molecule has 1 amide bonds. The number of carbonyl (C=O) groups excluding carboxylic acids is 1. The van der Waals surface area contributed by atoms with Gasteiger partial charge in [-0.1, -0.05) is 37.3 Å². The minimum Gasteiger partial charge on any atom is -0.329 e. The minimum absolute atomic E-state index is 0.0215. The van der Waals surface area contributed by atoms with Gasteiger partial charge in [-0.2, -0.15) is 0 Å². The van der Waals surface area contributed by atoms with E-state index in [2.05, 4.69) is 10.3 Å². The third kappa shape index (κ3) is 3.25. The lowest BCUT2D eigenvalue weighted by atomic mass is 9.79. The second-order valence-electron chi connectivity index (χ2n) is 5.19. The maximum Gasteiger partial charge on any atom is 0.231 e. The molecule has 0 spiro atoms. The monoisotopic (exact) mass is 281 g/mol. The molecule has 0 bridgehead atoms. The molecule has 0 radical (unpaired) electrons. The SMILES string of the molecule is NCC1(C(=O)Nc2cccnc2Cl)CCCCCC1. The highest BCUT2D eigenvalue weighted by Gasteiger charge is 2.37. The Balaban J connectivity index is 2.14. The Morgan fingerprint density at radius 3 is 2.63 bits per heavy atom. The van der Waals surface area contributed by atoms with Crippen LogP contribution in [-0.2, 0) is 4.79 Å². The highest BCUT2D eigenvalue weighted by Crippen LogP contribution is 2.35. The lowest BCUT2D eigenvalue weighted by Gasteiger charge is -2.29. The zero-order valence-electron chi connectivity index (χ0n) is 11.0. The Kier molecular flexibility index (Phi) is 4.77. The molecule has 4 nitrogen and oxygen atoms in total. The van der Waals surface area contributed by atoms with Gasteiger partial charge in [0.15, 0.2) is 5.15 Å². The maximum absolute atomic E-state index is 12.5. The van der Waals surface area contributed by atoms with E-state index >= 15 is 0 Å². The predicted molar refractivity (Wildman–Crippen MR) is 77.1 cm³/mol. The molecule has 0 saturated heterocycles. The van der Waals surface area contributed by atoms with Crippen molar-refractivity contribution in [1.82, 2.24) is 4.98 Å². The quantitative estimate of drug-likeness (QED) is 0.661. The second kappa shape index (κ2) is 6.35. The number of nitrogens with zero attached hydrogens (tertiary/aromatic N) is 1. The van der Waals surface area contributed by atoms with Crippen LogP contribution in [0.15, 0.2) is 18.3 Å². The summed E-state index contributed by atoms with van der Waals surface area (Å²) in [6.07, 6.45) is 7.80. The summed E-state index contributed by atoms with van der Waals surface area (Å²) in [5, 5.41) is 3.20. The van der Waals surface area contributed by atoms with Crippen LogP contribution < -0.4 is 11.1 Å². The van der Waals surface area contributed by atoms with E-state index < -0.39 is 5.41 Å². The van der Waals surface area contributed by atoms with Gasteiger partial charge in [-0.15, -0.1) is 0 Å². The molecule has 0 unspecified atom stereocenters. The van der Waals surface area contributed by atoms with Gasteiger partial charge in [0.25, 0.3) is 0 Å². The highest BCUT2D eigenvalue weighted by molar-refractivity contribution is 6.32. The van der Waals surface area contributed by atoms with Crippen molar-refractivity contribution in [1.29, 1.82) is 0 Å². The summed E-state index contributed by atoms with van der Waals surface area (Å²) >= 11 is 5.97. The van der Waals surface area contributed by atoms with Gasteiger partial charge in [0, 0.05) is 12.7 Å². The standard InChI is InChI=1S/C14H20ClN3O/c15-12-11(6-5-9-17-12)18-13(19)14(10-16)7-3-1-2-4-8-14/h5-6,9H,1-4,7-8,10,16H2,(H,18,19). The molecular formula is C14H20ClN3O. The molecule has 19 heavy (non-hydrogen) atoms. The molecule has 1 aromatic heterocycles. The first-order valence-corrected chi connectivity index (χ1v) is 7.18. The molecule has 5 heteroatoms. The molecule has 0 atom stereocenters. The van der Waals surface area contributed by atoms with E-state index in [1.54, 1.807) is 18.3 Å². The van der Waals surface area contributed by atoms with Crippen LogP contribution in [0.2, 0.25) is 5.15 Å². The van der Waals surface area contributed by atoms with E-state index in [0.717, 1.165) is 25.7 Å². The summed E-state index contributed by atoms with van der Waals surface area (Å²) in [4.78, 5) is 16.5. The minimum atomic E-state index is -0.449. The van der Waals surface area contributed by atoms with Crippen molar-refractivity contribution in [2.45, 2.75) is 38.5 Å². The predicted octanol–water partition coefficient (Wildman–Crippen LogP) is 2.97. The van der Waals surface area contributed by atoms with E-state index in [4.69, 9.17) is 17.3 Å². The van der Waals surface area contributed by atoms with E-state index in [1.807, 2.05) is 0 Å². The van der Waals surface area contributed by atoms with E-state index in [9.17, 15) is 4.79 Å². The number of anilines is 1. The van der Waals surface area contributed by atoms with Crippen molar-refractivity contribution in [3.63, 3.8) is 0 Å². The Morgan fingerprint density at radius 2 is 2.05 bits per heavy atom. The number of nitrogens with one attached hydrogen (secondary N) is 1. The molecule has 0 aliphatic heterocycles. The summed E-state index contributed by atoms with van der Waals surface area (Å²) in [5.41, 5.74) is 6.00. The van der Waals surface area contributed by atoms with E-state index in [0.29, 0.717) is 17.4 Å². The number of hydrogen-bond donors (Lipinski definition) is 2. The number of nitrogens with two attached hydrogens (primary N) is 1. The van der Waals surface area contributed by atoms with Crippen LogP contribution in [-0.4, -0.2) is 17.4 Å². The number of aromatic nitrogens is 1. The second-order valence-corrected chi connectivity index (χ2v) is 5.55. The molecule has 0 aromatic carbocycles. The van der Waals surface area contributed by atoms with Crippen LogP contribution in [0.25, 0.3) is 0 Å². The van der Waals surface area contributed by atoms with Gasteiger partial charge in [0.05, 0.1) is 11.1 Å². The lowest BCUT2D eigenvalue weighted by molar-refractivity contribution is -0.125. The molecule has 3 N–H and O–H groups in total. The average Bonchev–Trinajstić information content (AvgIpc) is 2.67. The molecule has 1 aromatic rings. The first-order chi connectivity index (χ1) is 9.18. The van der Waals surface area contributed by atoms with E-state index in [-0.39, 0.29) is 5.91 Å². The number of hydrogen-bond acceptors (Lipinski definition) is 3. The zero-order valence-corrected chi connectivity index (χ0v) is 11.7.